The summed E-state index contributed by atoms with van der Waals surface area (Å²) in [6.07, 6.45) is -2.26. The number of β-amino-alcohol motifs (C(OH)–C–C–N with tert-alkyl or cyclic N) is 1. The summed E-state index contributed by atoms with van der Waals surface area (Å²) >= 11 is 3.10. The molecule has 0 spiro atoms. The number of hydrogen-bond donors (Lipinski definition) is 3. The molecule has 0 saturated carbocycles. The van der Waals surface area contributed by atoms with Crippen molar-refractivity contribution in [2.45, 2.75) is 73.8 Å². The molecule has 3 amide bonds. The maximum Gasteiger partial charge on any atom is 0.408 e. The van der Waals surface area contributed by atoms with Gasteiger partial charge in [-0.25, -0.2) is 9.78 Å². The van der Waals surface area contributed by atoms with Crippen LogP contribution in [0, 0.1) is 6.92 Å². The number of likely N-dealkylation sites (tertiary alicyclic amines) is 1. The lowest BCUT2D eigenvalue weighted by atomic mass is 9.84. The van der Waals surface area contributed by atoms with Crippen LogP contribution in [0.15, 0.2) is 169 Å². The normalized spacial score (nSPS) is 16.8. The van der Waals surface area contributed by atoms with Crippen molar-refractivity contribution >= 4 is 41.0 Å². The molecule has 4 atom stereocenters. The van der Waals surface area contributed by atoms with Crippen molar-refractivity contribution in [1.29, 1.82) is 0 Å². The van der Waals surface area contributed by atoms with Crippen LogP contribution < -0.4 is 5.32 Å². The average Bonchev–Trinajstić information content (AvgIpc) is 4.06. The Morgan fingerprint density at radius 1 is 0.776 bits per heavy atom. The third kappa shape index (κ3) is 8.79. The second-order valence-electron chi connectivity index (χ2n) is 18.1. The summed E-state index contributed by atoms with van der Waals surface area (Å²) in [4.78, 5) is 53.0. The average molecular weight is 927 g/mol. The Labute approximate surface area is 400 Å². The second kappa shape index (κ2) is 19.0. The lowest BCUT2D eigenvalue weighted by molar-refractivity contribution is -0.143. The van der Waals surface area contributed by atoms with Gasteiger partial charge >= 0.3 is 6.09 Å². The van der Waals surface area contributed by atoms with Crippen molar-refractivity contribution in [1.82, 2.24) is 20.1 Å². The maximum atomic E-state index is 16.0. The number of carbonyl (C=O) groups excluding carboxylic acids is 2. The van der Waals surface area contributed by atoms with Crippen LogP contribution in [0.25, 0.3) is 21.6 Å². The van der Waals surface area contributed by atoms with Crippen molar-refractivity contribution in [2.75, 3.05) is 13.1 Å². The lowest BCUT2D eigenvalue weighted by Gasteiger charge is -2.47. The van der Waals surface area contributed by atoms with Gasteiger partial charge in [-0.05, 0) is 77.8 Å². The Hall–Kier alpha value is -6.53. The minimum Gasteiger partial charge on any atom is -0.465 e. The molecule has 9 nitrogen and oxygen atoms in total. The van der Waals surface area contributed by atoms with Crippen LogP contribution in [-0.2, 0) is 14.3 Å². The van der Waals surface area contributed by atoms with E-state index in [0.717, 1.165) is 60.6 Å². The highest BCUT2D eigenvalue weighted by molar-refractivity contribution is 8.02. The molecule has 9 rings (SSSR count). The smallest absolute Gasteiger partial charge is 0.408 e. The molecule has 2 heterocycles. The van der Waals surface area contributed by atoms with Gasteiger partial charge in [0.25, 0.3) is 0 Å². The summed E-state index contributed by atoms with van der Waals surface area (Å²) in [7, 11) is 0. The number of nitrogens with zero attached hydrogens (tertiary/aromatic N) is 3. The Balaban J connectivity index is 1.13. The predicted octanol–water partition coefficient (Wildman–Crippen LogP) is 10.9. The number of fused-ring (bicyclic) bond motifs is 3. The fraction of sp³-hybridized carbons (Fsp3) is 0.250. The number of thioether (sulfide) groups is 1. The summed E-state index contributed by atoms with van der Waals surface area (Å²) in [6, 6.07) is 51.6. The van der Waals surface area contributed by atoms with E-state index in [1.165, 1.54) is 21.6 Å². The zero-order valence-electron chi connectivity index (χ0n) is 38.0. The van der Waals surface area contributed by atoms with Crippen molar-refractivity contribution in [3.63, 3.8) is 0 Å². The molecular weight excluding hydrogens is 873 g/mol. The molecule has 1 saturated heterocycles. The topological polar surface area (TPSA) is 123 Å². The van der Waals surface area contributed by atoms with E-state index in [1.54, 1.807) is 11.3 Å². The van der Waals surface area contributed by atoms with E-state index in [0.29, 0.717) is 0 Å². The number of carbonyl (C=O) groups is 3. The van der Waals surface area contributed by atoms with Crippen molar-refractivity contribution in [2.24, 2.45) is 0 Å². The fourth-order valence-electron chi connectivity index (χ4n) is 10.3. The number of rotatable bonds is 14. The van der Waals surface area contributed by atoms with Crippen LogP contribution >= 0.6 is 23.1 Å². The van der Waals surface area contributed by atoms with E-state index in [2.05, 4.69) is 58.8 Å². The Bertz CT molecular complexity index is 2730. The van der Waals surface area contributed by atoms with E-state index in [-0.39, 0.29) is 25.4 Å². The van der Waals surface area contributed by atoms with Crippen molar-refractivity contribution in [3.8, 4) is 21.6 Å². The van der Waals surface area contributed by atoms with Gasteiger partial charge in [-0.2, -0.15) is 0 Å². The Morgan fingerprint density at radius 2 is 1.28 bits per heavy atom. The molecule has 1 aliphatic carbocycles. The largest absolute Gasteiger partial charge is 0.465 e. The number of carboxylic acid groups (broad SMARTS) is 1. The van der Waals surface area contributed by atoms with Gasteiger partial charge in [-0.1, -0.05) is 164 Å². The molecule has 7 aromatic rings. The molecular formula is C56H54N4O5S2. The molecule has 11 heteroatoms. The molecule has 0 unspecified atom stereocenters. The number of aliphatic hydroxyl groups excluding tert-OH is 1. The van der Waals surface area contributed by atoms with Crippen LogP contribution in [0.5, 0.6) is 0 Å². The van der Waals surface area contributed by atoms with Crippen LogP contribution in [0.1, 0.15) is 78.2 Å². The van der Waals surface area contributed by atoms with Gasteiger partial charge in [0.1, 0.15) is 12.1 Å². The molecule has 2 aliphatic rings. The van der Waals surface area contributed by atoms with E-state index in [4.69, 9.17) is 0 Å². The molecule has 67 heavy (non-hydrogen) atoms. The molecule has 0 radical (unpaired) electrons. The zero-order valence-corrected chi connectivity index (χ0v) is 39.6. The van der Waals surface area contributed by atoms with Crippen LogP contribution in [0.2, 0.25) is 0 Å². The number of aliphatic hydroxyl groups is 1. The number of aromatic nitrogens is 1. The van der Waals surface area contributed by atoms with Gasteiger partial charge in [0, 0.05) is 30.2 Å². The first-order chi connectivity index (χ1) is 32.4. The van der Waals surface area contributed by atoms with E-state index in [1.807, 2.05) is 148 Å². The third-order valence-electron chi connectivity index (χ3n) is 13.4. The number of benzene rings is 6. The lowest BCUT2D eigenvalue weighted by Crippen LogP contribution is -2.62. The number of amides is 3. The number of hydrogen-bond acceptors (Lipinski definition) is 7. The van der Waals surface area contributed by atoms with E-state index >= 15 is 4.79 Å². The highest BCUT2D eigenvalue weighted by atomic mass is 32.2. The highest BCUT2D eigenvalue weighted by Crippen LogP contribution is 2.55. The van der Waals surface area contributed by atoms with Gasteiger partial charge in [0.15, 0.2) is 0 Å². The maximum absolute atomic E-state index is 16.0. The van der Waals surface area contributed by atoms with Crippen LogP contribution in [0.4, 0.5) is 4.79 Å². The number of thiazole rings is 1. The standard InChI is InChI=1S/C56H54N4O5S2/c1-36(38-28-30-39(31-29-38)50-37(2)57-35-66-50)58-52(62)49-32-43(61)33-59(49)53(63)51(60(54(64)65)34-48-46-26-16-14-24-44(46)45-25-15-17-27-47(45)48)55(3,4)67-56(40-18-8-5-9-19-40,41-20-10-6-11-21-41)42-22-12-7-13-23-42/h5-31,35-36,43,48-49,51,61H,32-34H2,1-4H3,(H,58,62)(H,64,65)/t36-,43+,49-,51+/m0/s1. The van der Waals surface area contributed by atoms with E-state index in [9.17, 15) is 19.8 Å². The Morgan fingerprint density at radius 3 is 1.78 bits per heavy atom. The molecule has 3 N–H and O–H groups in total. The monoisotopic (exact) mass is 926 g/mol. The predicted molar refractivity (Wildman–Crippen MR) is 268 cm³/mol. The first-order valence-corrected chi connectivity index (χ1v) is 24.4. The SMILES string of the molecule is Cc1ncsc1-c1ccc([C@H](C)NC(=O)[C@@H]2C[C@@H](O)CN2C(=O)[C@@H](N(CC2c3ccccc3-c3ccccc32)C(=O)O)C(C)(C)SC(c2ccccc2)(c2ccccc2)c2ccccc2)cc1. The summed E-state index contributed by atoms with van der Waals surface area (Å²) in [5, 5.41) is 26.1. The fourth-order valence-corrected chi connectivity index (χ4v) is 13.0. The van der Waals surface area contributed by atoms with Crippen LogP contribution in [-0.4, -0.2) is 78.9 Å². The summed E-state index contributed by atoms with van der Waals surface area (Å²) in [6.45, 7) is 7.60. The first-order valence-electron chi connectivity index (χ1n) is 22.7. The molecule has 1 aliphatic heterocycles. The van der Waals surface area contributed by atoms with Crippen LogP contribution in [0.3, 0.4) is 0 Å². The molecule has 1 fully saturated rings. The number of nitrogens with one attached hydrogen (secondary N) is 1. The molecule has 0 bridgehead atoms. The van der Waals surface area contributed by atoms with Gasteiger partial charge in [-0.15, -0.1) is 23.1 Å². The zero-order chi connectivity index (χ0) is 46.9. The van der Waals surface area contributed by atoms with Gasteiger partial charge in [0.2, 0.25) is 11.8 Å². The minimum atomic E-state index is -1.34. The van der Waals surface area contributed by atoms with E-state index < -0.39 is 51.6 Å². The van der Waals surface area contributed by atoms with Gasteiger partial charge in [0.05, 0.1) is 33.0 Å². The van der Waals surface area contributed by atoms with Gasteiger partial charge in [-0.3, -0.25) is 14.5 Å². The summed E-state index contributed by atoms with van der Waals surface area (Å²) in [5.41, 5.74) is 11.6. The summed E-state index contributed by atoms with van der Waals surface area (Å²) in [5.74, 6) is -1.34. The molecule has 340 valence electrons. The van der Waals surface area contributed by atoms with Gasteiger partial charge < -0.3 is 20.4 Å². The highest BCUT2D eigenvalue weighted by Gasteiger charge is 2.54. The minimum absolute atomic E-state index is 0.00656. The number of aryl methyl sites for hydroxylation is 1. The third-order valence-corrected chi connectivity index (χ3v) is 16.1. The second-order valence-corrected chi connectivity index (χ2v) is 20.8. The molecule has 6 aromatic carbocycles. The summed E-state index contributed by atoms with van der Waals surface area (Å²) < 4.78 is -2.14. The first kappa shape index (κ1) is 45.6. The van der Waals surface area contributed by atoms with Crippen molar-refractivity contribution in [3.05, 3.63) is 208 Å². The Kier molecular flexibility index (Phi) is 12.9. The van der Waals surface area contributed by atoms with Crippen molar-refractivity contribution < 1.29 is 24.6 Å². The quantitative estimate of drug-likeness (QED) is 0.0928. The molecule has 1 aromatic heterocycles.